The highest BCUT2D eigenvalue weighted by atomic mass is 32.2. The fourth-order valence-electron chi connectivity index (χ4n) is 1.94. The van der Waals surface area contributed by atoms with Gasteiger partial charge in [-0.1, -0.05) is 17.7 Å². The summed E-state index contributed by atoms with van der Waals surface area (Å²) in [5, 5.41) is 3.53. The molecule has 17 heavy (non-hydrogen) atoms. The van der Waals surface area contributed by atoms with Gasteiger partial charge in [-0.05, 0) is 31.7 Å². The van der Waals surface area contributed by atoms with E-state index in [0.717, 1.165) is 25.2 Å². The van der Waals surface area contributed by atoms with Crippen LogP contribution in [0.2, 0.25) is 0 Å². The zero-order chi connectivity index (χ0) is 12.3. The van der Waals surface area contributed by atoms with Gasteiger partial charge in [0.2, 0.25) is 0 Å². The number of carbonyl (C=O) groups excluding carboxylic acids is 1. The Hall–Kier alpha value is -1.16. The number of hydrogen-bond donors (Lipinski definition) is 1. The number of thioether (sulfide) groups is 1. The first-order valence-electron chi connectivity index (χ1n) is 5.84. The first-order chi connectivity index (χ1) is 8.19. The average molecular weight is 250 g/mol. The Morgan fingerprint density at radius 2 is 2.12 bits per heavy atom. The lowest BCUT2D eigenvalue weighted by atomic mass is 10.2. The predicted molar refractivity (Wildman–Crippen MR) is 73.7 cm³/mol. The molecule has 1 saturated heterocycles. The highest BCUT2D eigenvalue weighted by Crippen LogP contribution is 2.21. The van der Waals surface area contributed by atoms with Crippen molar-refractivity contribution in [1.82, 2.24) is 4.90 Å². The first kappa shape index (κ1) is 12.3. The quantitative estimate of drug-likeness (QED) is 0.875. The van der Waals surface area contributed by atoms with E-state index in [4.69, 9.17) is 0 Å². The summed E-state index contributed by atoms with van der Waals surface area (Å²) in [5.41, 5.74) is 2.07. The fourth-order valence-corrected chi connectivity index (χ4v) is 2.61. The van der Waals surface area contributed by atoms with Crippen molar-refractivity contribution in [2.75, 3.05) is 24.7 Å². The molecule has 0 saturated carbocycles. The van der Waals surface area contributed by atoms with Gasteiger partial charge in [0.05, 0.1) is 0 Å². The normalized spacial score (nSPS) is 19.4. The maximum Gasteiger partial charge on any atom is 0.321 e. The molecule has 1 atom stereocenters. The average Bonchev–Trinajstić information content (AvgIpc) is 2.81. The standard InChI is InChI=1S/C13H18N2OS/c1-10-3-5-11(6-4-10)14-13(16)15-8-7-12(9-15)17-2/h3-6,12H,7-9H2,1-2H3,(H,14,16)/t12-/m1/s1. The van der Waals surface area contributed by atoms with Crippen LogP contribution < -0.4 is 5.32 Å². The van der Waals surface area contributed by atoms with Crippen molar-refractivity contribution >= 4 is 23.5 Å². The highest BCUT2D eigenvalue weighted by molar-refractivity contribution is 7.99. The number of anilines is 1. The molecule has 92 valence electrons. The number of likely N-dealkylation sites (tertiary alicyclic amines) is 1. The van der Waals surface area contributed by atoms with Gasteiger partial charge >= 0.3 is 6.03 Å². The number of nitrogens with zero attached hydrogens (tertiary/aromatic N) is 1. The molecule has 0 bridgehead atoms. The molecule has 0 aromatic heterocycles. The van der Waals surface area contributed by atoms with Crippen molar-refractivity contribution in [3.63, 3.8) is 0 Å². The van der Waals surface area contributed by atoms with E-state index in [9.17, 15) is 4.79 Å². The second-order valence-electron chi connectivity index (χ2n) is 4.39. The lowest BCUT2D eigenvalue weighted by Gasteiger charge is -2.17. The number of aryl methyl sites for hydroxylation is 1. The topological polar surface area (TPSA) is 32.3 Å². The van der Waals surface area contributed by atoms with E-state index in [1.165, 1.54) is 5.56 Å². The van der Waals surface area contributed by atoms with Gasteiger partial charge < -0.3 is 10.2 Å². The Morgan fingerprint density at radius 3 is 2.71 bits per heavy atom. The molecule has 1 aromatic carbocycles. The van der Waals surface area contributed by atoms with Crippen molar-refractivity contribution in [3.05, 3.63) is 29.8 Å². The van der Waals surface area contributed by atoms with Crippen molar-refractivity contribution in [1.29, 1.82) is 0 Å². The summed E-state index contributed by atoms with van der Waals surface area (Å²) in [6.45, 7) is 3.76. The summed E-state index contributed by atoms with van der Waals surface area (Å²) in [6, 6.07) is 7.91. The first-order valence-corrected chi connectivity index (χ1v) is 7.13. The van der Waals surface area contributed by atoms with Crippen molar-refractivity contribution < 1.29 is 4.79 Å². The SMILES string of the molecule is CS[C@@H]1CCN(C(=O)Nc2ccc(C)cc2)C1. The summed E-state index contributed by atoms with van der Waals surface area (Å²) in [5.74, 6) is 0. The molecule has 1 fully saturated rings. The second kappa shape index (κ2) is 5.45. The number of carbonyl (C=O) groups is 1. The van der Waals surface area contributed by atoms with Crippen LogP contribution in [0.15, 0.2) is 24.3 Å². The van der Waals surface area contributed by atoms with Crippen LogP contribution in [0.4, 0.5) is 10.5 Å². The fraction of sp³-hybridized carbons (Fsp3) is 0.462. The third-order valence-corrected chi connectivity index (χ3v) is 4.12. The van der Waals surface area contributed by atoms with E-state index in [-0.39, 0.29) is 6.03 Å². The molecule has 4 heteroatoms. The van der Waals surface area contributed by atoms with Gasteiger partial charge in [0.15, 0.2) is 0 Å². The smallest absolute Gasteiger partial charge is 0.321 e. The third-order valence-electron chi connectivity index (χ3n) is 3.07. The molecule has 1 N–H and O–H groups in total. The number of benzene rings is 1. The Kier molecular flexibility index (Phi) is 3.94. The van der Waals surface area contributed by atoms with E-state index in [1.54, 1.807) is 0 Å². The summed E-state index contributed by atoms with van der Waals surface area (Å²) in [4.78, 5) is 13.9. The molecule has 2 amide bonds. The number of hydrogen-bond acceptors (Lipinski definition) is 2. The second-order valence-corrected chi connectivity index (χ2v) is 5.53. The minimum absolute atomic E-state index is 0.0189. The highest BCUT2D eigenvalue weighted by Gasteiger charge is 2.25. The molecule has 1 heterocycles. The molecule has 0 spiro atoms. The van der Waals surface area contributed by atoms with Gasteiger partial charge in [-0.2, -0.15) is 11.8 Å². The van der Waals surface area contributed by atoms with Gasteiger partial charge in [-0.25, -0.2) is 4.79 Å². The van der Waals surface area contributed by atoms with E-state index < -0.39 is 0 Å². The van der Waals surface area contributed by atoms with Crippen molar-refractivity contribution in [2.45, 2.75) is 18.6 Å². The van der Waals surface area contributed by atoms with E-state index >= 15 is 0 Å². The molecule has 2 rings (SSSR count). The largest absolute Gasteiger partial charge is 0.323 e. The zero-order valence-electron chi connectivity index (χ0n) is 10.3. The van der Waals surface area contributed by atoms with Crippen LogP contribution in [0.25, 0.3) is 0 Å². The maximum absolute atomic E-state index is 12.0. The number of amides is 2. The Bertz CT molecular complexity index is 391. The summed E-state index contributed by atoms with van der Waals surface area (Å²) in [7, 11) is 0. The number of nitrogens with one attached hydrogen (secondary N) is 1. The van der Waals surface area contributed by atoms with Crippen LogP contribution in [0.5, 0.6) is 0 Å². The lowest BCUT2D eigenvalue weighted by Crippen LogP contribution is -2.33. The minimum Gasteiger partial charge on any atom is -0.323 e. The van der Waals surface area contributed by atoms with Gasteiger partial charge in [0, 0.05) is 24.0 Å². The molecular weight excluding hydrogens is 232 g/mol. The van der Waals surface area contributed by atoms with Crippen molar-refractivity contribution in [3.8, 4) is 0 Å². The zero-order valence-corrected chi connectivity index (χ0v) is 11.1. The van der Waals surface area contributed by atoms with Crippen LogP contribution in [0.3, 0.4) is 0 Å². The van der Waals surface area contributed by atoms with Crippen molar-refractivity contribution in [2.24, 2.45) is 0 Å². The van der Waals surface area contributed by atoms with Crippen LogP contribution in [-0.2, 0) is 0 Å². The third kappa shape index (κ3) is 3.16. The Morgan fingerprint density at radius 1 is 1.41 bits per heavy atom. The van der Waals surface area contributed by atoms with Crippen LogP contribution in [0.1, 0.15) is 12.0 Å². The molecule has 1 aromatic rings. The maximum atomic E-state index is 12.0. The minimum atomic E-state index is 0.0189. The van der Waals surface area contributed by atoms with E-state index in [0.29, 0.717) is 5.25 Å². The monoisotopic (exact) mass is 250 g/mol. The number of rotatable bonds is 2. The molecular formula is C13H18N2OS. The van der Waals surface area contributed by atoms with E-state index in [1.807, 2.05) is 47.9 Å². The molecule has 3 nitrogen and oxygen atoms in total. The molecule has 1 aliphatic heterocycles. The molecule has 0 unspecified atom stereocenters. The predicted octanol–water partition coefficient (Wildman–Crippen LogP) is 2.96. The van der Waals surface area contributed by atoms with Gasteiger partial charge in [0.25, 0.3) is 0 Å². The summed E-state index contributed by atoms with van der Waals surface area (Å²) < 4.78 is 0. The molecule has 1 aliphatic rings. The van der Waals surface area contributed by atoms with Crippen LogP contribution in [-0.4, -0.2) is 35.5 Å². The Balaban J connectivity index is 1.91. The summed E-state index contributed by atoms with van der Waals surface area (Å²) >= 11 is 1.84. The van der Waals surface area contributed by atoms with Gasteiger partial charge in [-0.3, -0.25) is 0 Å². The summed E-state index contributed by atoms with van der Waals surface area (Å²) in [6.07, 6.45) is 3.20. The Labute approximate surface area is 107 Å². The van der Waals surface area contributed by atoms with Gasteiger partial charge in [0.1, 0.15) is 0 Å². The number of urea groups is 1. The van der Waals surface area contributed by atoms with Crippen LogP contribution >= 0.6 is 11.8 Å². The van der Waals surface area contributed by atoms with E-state index in [2.05, 4.69) is 11.6 Å². The van der Waals surface area contributed by atoms with Gasteiger partial charge in [-0.15, -0.1) is 0 Å². The lowest BCUT2D eigenvalue weighted by molar-refractivity contribution is 0.222. The molecule has 0 radical (unpaired) electrons. The molecule has 0 aliphatic carbocycles. The van der Waals surface area contributed by atoms with Crippen LogP contribution in [0, 0.1) is 6.92 Å².